The van der Waals surface area contributed by atoms with Gasteiger partial charge in [-0.1, -0.05) is 23.9 Å². The molecule has 1 atom stereocenters. The van der Waals surface area contributed by atoms with Crippen LogP contribution >= 0.6 is 11.8 Å². The van der Waals surface area contributed by atoms with Gasteiger partial charge in [-0.15, -0.1) is 10.2 Å². The molecule has 1 aliphatic heterocycles. The summed E-state index contributed by atoms with van der Waals surface area (Å²) >= 11 is 1.37. The highest BCUT2D eigenvalue weighted by molar-refractivity contribution is 7.99. The Morgan fingerprint density at radius 2 is 2.42 bits per heavy atom. The third-order valence-electron chi connectivity index (χ3n) is 3.84. The molecule has 0 saturated heterocycles. The van der Waals surface area contributed by atoms with Crippen molar-refractivity contribution in [3.8, 4) is 11.5 Å². The van der Waals surface area contributed by atoms with Crippen LogP contribution in [0.25, 0.3) is 0 Å². The van der Waals surface area contributed by atoms with Crippen LogP contribution in [0.3, 0.4) is 0 Å². The van der Waals surface area contributed by atoms with E-state index in [9.17, 15) is 4.79 Å². The van der Waals surface area contributed by atoms with Crippen LogP contribution in [-0.4, -0.2) is 46.7 Å². The van der Waals surface area contributed by atoms with Crippen LogP contribution in [-0.2, 0) is 18.3 Å². The summed E-state index contributed by atoms with van der Waals surface area (Å²) in [7, 11) is 3.49. The number of methoxy groups -OCH3 is 1. The summed E-state index contributed by atoms with van der Waals surface area (Å²) < 4.78 is 12.9. The maximum atomic E-state index is 12.0. The number of benzene rings is 1. The van der Waals surface area contributed by atoms with Gasteiger partial charge in [0.2, 0.25) is 5.91 Å². The standard InChI is InChI=1S/C16H20N4O3S/c1-20-10-18-19-16(20)24-9-14(21)17-7-11-6-12-4-3-5-13(22-2)15(12)23-8-11/h3-5,10-11H,6-9H2,1-2H3,(H,17,21). The molecule has 1 unspecified atom stereocenters. The zero-order valence-electron chi connectivity index (χ0n) is 13.7. The van der Waals surface area contributed by atoms with Gasteiger partial charge in [0, 0.05) is 19.5 Å². The fourth-order valence-electron chi connectivity index (χ4n) is 2.59. The minimum absolute atomic E-state index is 0.0144. The largest absolute Gasteiger partial charge is 0.493 e. The van der Waals surface area contributed by atoms with Gasteiger partial charge in [0.1, 0.15) is 6.33 Å². The molecule has 0 fully saturated rings. The predicted octanol–water partition coefficient (Wildman–Crippen LogP) is 1.28. The van der Waals surface area contributed by atoms with Crippen molar-refractivity contribution in [2.75, 3.05) is 26.0 Å². The van der Waals surface area contributed by atoms with E-state index in [-0.39, 0.29) is 11.8 Å². The van der Waals surface area contributed by atoms with E-state index in [1.165, 1.54) is 11.8 Å². The monoisotopic (exact) mass is 348 g/mol. The molecule has 1 N–H and O–H groups in total. The van der Waals surface area contributed by atoms with Crippen LogP contribution in [0.4, 0.5) is 0 Å². The molecule has 1 aliphatic rings. The number of hydrogen-bond donors (Lipinski definition) is 1. The number of nitrogens with one attached hydrogen (secondary N) is 1. The summed E-state index contributed by atoms with van der Waals surface area (Å²) in [4.78, 5) is 12.0. The quantitative estimate of drug-likeness (QED) is 0.793. The second kappa shape index (κ2) is 7.57. The first-order valence-corrected chi connectivity index (χ1v) is 8.68. The van der Waals surface area contributed by atoms with Crippen molar-refractivity contribution in [1.82, 2.24) is 20.1 Å². The summed E-state index contributed by atoms with van der Waals surface area (Å²) in [5, 5.41) is 11.4. The third kappa shape index (κ3) is 3.81. The first-order chi connectivity index (χ1) is 11.7. The minimum atomic E-state index is -0.0144. The van der Waals surface area contributed by atoms with Crippen LogP contribution in [0.2, 0.25) is 0 Å². The van der Waals surface area contributed by atoms with Gasteiger partial charge in [-0.3, -0.25) is 4.79 Å². The number of para-hydroxylation sites is 1. The number of rotatable bonds is 6. The van der Waals surface area contributed by atoms with Crippen LogP contribution in [0.1, 0.15) is 5.56 Å². The molecular formula is C16H20N4O3S. The van der Waals surface area contributed by atoms with E-state index in [1.54, 1.807) is 18.0 Å². The van der Waals surface area contributed by atoms with Crippen LogP contribution in [0.15, 0.2) is 29.7 Å². The summed E-state index contributed by atoms with van der Waals surface area (Å²) in [5.74, 6) is 2.15. The van der Waals surface area contributed by atoms with Crippen molar-refractivity contribution in [1.29, 1.82) is 0 Å². The second-order valence-corrected chi connectivity index (χ2v) is 6.59. The highest BCUT2D eigenvalue weighted by Crippen LogP contribution is 2.35. The van der Waals surface area contributed by atoms with Crippen molar-refractivity contribution in [3.05, 3.63) is 30.1 Å². The Balaban J connectivity index is 1.47. The molecule has 0 aliphatic carbocycles. The average molecular weight is 348 g/mol. The van der Waals surface area contributed by atoms with E-state index in [1.807, 2.05) is 25.2 Å². The van der Waals surface area contributed by atoms with Gasteiger partial charge in [-0.05, 0) is 18.1 Å². The molecule has 24 heavy (non-hydrogen) atoms. The van der Waals surface area contributed by atoms with E-state index >= 15 is 0 Å². The maximum absolute atomic E-state index is 12.0. The van der Waals surface area contributed by atoms with E-state index in [0.717, 1.165) is 28.6 Å². The highest BCUT2D eigenvalue weighted by Gasteiger charge is 2.23. The van der Waals surface area contributed by atoms with Crippen molar-refractivity contribution < 1.29 is 14.3 Å². The lowest BCUT2D eigenvalue weighted by molar-refractivity contribution is -0.118. The summed E-state index contributed by atoms with van der Waals surface area (Å²) in [5.41, 5.74) is 1.12. The van der Waals surface area contributed by atoms with Gasteiger partial charge in [-0.2, -0.15) is 0 Å². The van der Waals surface area contributed by atoms with E-state index < -0.39 is 0 Å². The Morgan fingerprint density at radius 1 is 1.54 bits per heavy atom. The average Bonchev–Trinajstić information content (AvgIpc) is 3.02. The Bertz CT molecular complexity index is 719. The Hall–Kier alpha value is -2.22. The fraction of sp³-hybridized carbons (Fsp3) is 0.438. The third-order valence-corrected chi connectivity index (χ3v) is 4.88. The number of hydrogen-bond acceptors (Lipinski definition) is 6. The highest BCUT2D eigenvalue weighted by atomic mass is 32.2. The zero-order valence-corrected chi connectivity index (χ0v) is 14.5. The number of amides is 1. The number of ether oxygens (including phenoxy) is 2. The number of aryl methyl sites for hydroxylation is 1. The lowest BCUT2D eigenvalue weighted by Gasteiger charge is -2.26. The van der Waals surface area contributed by atoms with Crippen LogP contribution in [0, 0.1) is 5.92 Å². The minimum Gasteiger partial charge on any atom is -0.493 e. The van der Waals surface area contributed by atoms with Gasteiger partial charge in [0.05, 0.1) is 19.5 Å². The van der Waals surface area contributed by atoms with Gasteiger partial charge in [0.25, 0.3) is 0 Å². The number of fused-ring (bicyclic) bond motifs is 1. The van der Waals surface area contributed by atoms with Crippen LogP contribution in [0.5, 0.6) is 11.5 Å². The molecule has 0 saturated carbocycles. The van der Waals surface area contributed by atoms with Crippen molar-refractivity contribution >= 4 is 17.7 Å². The molecule has 3 rings (SSSR count). The van der Waals surface area contributed by atoms with Crippen molar-refractivity contribution in [2.24, 2.45) is 13.0 Å². The number of nitrogens with zero attached hydrogens (tertiary/aromatic N) is 3. The number of thioether (sulfide) groups is 1. The normalized spacial score (nSPS) is 16.2. The van der Waals surface area contributed by atoms with Gasteiger partial charge >= 0.3 is 0 Å². The number of aromatic nitrogens is 3. The van der Waals surface area contributed by atoms with Crippen molar-refractivity contribution in [2.45, 2.75) is 11.6 Å². The number of carbonyl (C=O) groups excluding carboxylic acids is 1. The molecular weight excluding hydrogens is 328 g/mol. The first-order valence-electron chi connectivity index (χ1n) is 7.69. The SMILES string of the molecule is COc1cccc2c1OCC(CNC(=O)CSc1nncn1C)C2. The predicted molar refractivity (Wildman–Crippen MR) is 90.4 cm³/mol. The topological polar surface area (TPSA) is 78.3 Å². The molecule has 0 radical (unpaired) electrons. The molecule has 1 aromatic heterocycles. The van der Waals surface area contributed by atoms with E-state index in [2.05, 4.69) is 15.5 Å². The Labute approximate surface area is 144 Å². The summed E-state index contributed by atoms with van der Waals surface area (Å²) in [6.45, 7) is 1.17. The summed E-state index contributed by atoms with van der Waals surface area (Å²) in [6, 6.07) is 5.89. The fourth-order valence-corrected chi connectivity index (χ4v) is 3.31. The first kappa shape index (κ1) is 16.6. The molecule has 1 amide bonds. The van der Waals surface area contributed by atoms with Crippen LogP contribution < -0.4 is 14.8 Å². The maximum Gasteiger partial charge on any atom is 0.230 e. The molecule has 128 valence electrons. The summed E-state index contributed by atoms with van der Waals surface area (Å²) in [6.07, 6.45) is 2.48. The van der Waals surface area contributed by atoms with E-state index in [4.69, 9.17) is 9.47 Å². The molecule has 8 heteroatoms. The van der Waals surface area contributed by atoms with Gasteiger partial charge in [0.15, 0.2) is 16.7 Å². The van der Waals surface area contributed by atoms with Crippen molar-refractivity contribution in [3.63, 3.8) is 0 Å². The smallest absolute Gasteiger partial charge is 0.230 e. The van der Waals surface area contributed by atoms with Gasteiger partial charge in [-0.25, -0.2) is 0 Å². The Morgan fingerprint density at radius 3 is 3.17 bits per heavy atom. The molecule has 0 bridgehead atoms. The Kier molecular flexibility index (Phi) is 5.24. The van der Waals surface area contributed by atoms with E-state index in [0.29, 0.717) is 18.9 Å². The molecule has 0 spiro atoms. The zero-order chi connectivity index (χ0) is 16.9. The molecule has 2 heterocycles. The number of carbonyl (C=O) groups is 1. The lowest BCUT2D eigenvalue weighted by atomic mass is 9.96. The second-order valence-electron chi connectivity index (χ2n) is 5.65. The lowest BCUT2D eigenvalue weighted by Crippen LogP contribution is -2.35. The molecule has 2 aromatic rings. The molecule has 1 aromatic carbocycles. The van der Waals surface area contributed by atoms with Gasteiger partial charge < -0.3 is 19.4 Å². The molecule has 7 nitrogen and oxygen atoms in total.